The van der Waals surface area contributed by atoms with Crippen molar-refractivity contribution in [3.8, 4) is 5.75 Å². The molecular formula is C29H38O5S. The second kappa shape index (κ2) is 11.4. The summed E-state index contributed by atoms with van der Waals surface area (Å²) in [5, 5.41) is 9.60. The summed E-state index contributed by atoms with van der Waals surface area (Å²) in [4.78, 5) is 12.1. The zero-order valence-corrected chi connectivity index (χ0v) is 22.2. The fraction of sp³-hybridized carbons (Fsp3) is 0.483. The molecule has 0 spiro atoms. The van der Waals surface area contributed by atoms with Gasteiger partial charge in [0.2, 0.25) is 0 Å². The lowest BCUT2D eigenvalue weighted by Gasteiger charge is -2.26. The molecule has 0 saturated carbocycles. The number of benzene rings is 2. The fourth-order valence-corrected chi connectivity index (χ4v) is 6.44. The third-order valence-corrected chi connectivity index (χ3v) is 8.69. The van der Waals surface area contributed by atoms with Crippen molar-refractivity contribution in [3.63, 3.8) is 0 Å². The highest BCUT2D eigenvalue weighted by molar-refractivity contribution is 7.91. The predicted molar refractivity (Wildman–Crippen MR) is 142 cm³/mol. The molecule has 3 rings (SSSR count). The average molecular weight is 499 g/mol. The Kier molecular flexibility index (Phi) is 8.81. The zero-order valence-electron chi connectivity index (χ0n) is 21.4. The minimum atomic E-state index is -3.41. The molecular weight excluding hydrogens is 460 g/mol. The number of carboxylic acid groups (broad SMARTS) is 1. The maximum absolute atomic E-state index is 13.1. The summed E-state index contributed by atoms with van der Waals surface area (Å²) in [6, 6.07) is 10.5. The first kappa shape index (κ1) is 27.0. The molecule has 2 aromatic rings. The van der Waals surface area contributed by atoms with Crippen LogP contribution in [0, 0.1) is 0 Å². The van der Waals surface area contributed by atoms with Crippen LogP contribution in [0.5, 0.6) is 5.75 Å². The van der Waals surface area contributed by atoms with Gasteiger partial charge in [0.15, 0.2) is 9.84 Å². The molecule has 0 unspecified atom stereocenters. The van der Waals surface area contributed by atoms with Gasteiger partial charge in [0.25, 0.3) is 0 Å². The van der Waals surface area contributed by atoms with Crippen molar-refractivity contribution >= 4 is 27.5 Å². The van der Waals surface area contributed by atoms with E-state index in [0.717, 1.165) is 42.4 Å². The van der Waals surface area contributed by atoms with Crippen molar-refractivity contribution < 1.29 is 23.1 Å². The maximum Gasteiger partial charge on any atom is 0.336 e. The molecule has 0 atom stereocenters. The lowest BCUT2D eigenvalue weighted by Crippen LogP contribution is -2.18. The number of ether oxygens (including phenoxy) is 1. The Morgan fingerprint density at radius 2 is 1.80 bits per heavy atom. The first-order valence-corrected chi connectivity index (χ1v) is 14.3. The van der Waals surface area contributed by atoms with Gasteiger partial charge in [-0.1, -0.05) is 70.7 Å². The largest absolute Gasteiger partial charge is 0.493 e. The van der Waals surface area contributed by atoms with Gasteiger partial charge in [-0.05, 0) is 66.5 Å². The first-order valence-electron chi connectivity index (χ1n) is 12.6. The van der Waals surface area contributed by atoms with Crippen LogP contribution in [-0.4, -0.2) is 31.9 Å². The highest BCUT2D eigenvalue weighted by Gasteiger charge is 2.34. The molecule has 1 heterocycles. The van der Waals surface area contributed by atoms with Crippen LogP contribution in [0.3, 0.4) is 0 Å². The van der Waals surface area contributed by atoms with Gasteiger partial charge >= 0.3 is 5.97 Å². The Labute approximate surface area is 210 Å². The Morgan fingerprint density at radius 1 is 1.09 bits per heavy atom. The minimum Gasteiger partial charge on any atom is -0.493 e. The minimum absolute atomic E-state index is 0.139. The van der Waals surface area contributed by atoms with Crippen LogP contribution in [0.2, 0.25) is 0 Å². The summed E-state index contributed by atoms with van der Waals surface area (Å²) in [6.45, 7) is 8.79. The van der Waals surface area contributed by atoms with Gasteiger partial charge in [-0.25, -0.2) is 13.2 Å². The Morgan fingerprint density at radius 3 is 2.51 bits per heavy atom. The second-order valence-corrected chi connectivity index (χ2v) is 12.2. The van der Waals surface area contributed by atoms with E-state index in [1.807, 2.05) is 25.1 Å². The van der Waals surface area contributed by atoms with E-state index < -0.39 is 15.8 Å². The molecule has 5 nitrogen and oxygen atoms in total. The van der Waals surface area contributed by atoms with Gasteiger partial charge in [0, 0.05) is 5.56 Å². The van der Waals surface area contributed by atoms with Crippen molar-refractivity contribution in [2.45, 2.75) is 83.0 Å². The van der Waals surface area contributed by atoms with Crippen molar-refractivity contribution in [1.29, 1.82) is 0 Å². The molecule has 1 N–H and O–H groups in total. The van der Waals surface area contributed by atoms with E-state index in [2.05, 4.69) is 20.8 Å². The van der Waals surface area contributed by atoms with Crippen molar-refractivity contribution in [3.05, 3.63) is 58.7 Å². The van der Waals surface area contributed by atoms with Crippen LogP contribution in [0.25, 0.3) is 11.6 Å². The smallest absolute Gasteiger partial charge is 0.336 e. The second-order valence-electron chi connectivity index (χ2n) is 10.1. The zero-order chi connectivity index (χ0) is 25.6. The molecule has 6 heteroatoms. The summed E-state index contributed by atoms with van der Waals surface area (Å²) in [5.74, 6) is -0.301. The number of allylic oxidation sites excluding steroid dienone is 1. The van der Waals surface area contributed by atoms with E-state index in [9.17, 15) is 18.3 Å². The van der Waals surface area contributed by atoms with Crippen LogP contribution in [-0.2, 0) is 15.3 Å². The number of hydrogen-bond acceptors (Lipinski definition) is 4. The van der Waals surface area contributed by atoms with Crippen LogP contribution in [0.1, 0.15) is 99.7 Å². The number of hydrogen-bond donors (Lipinski definition) is 1. The molecule has 0 fully saturated rings. The van der Waals surface area contributed by atoms with Gasteiger partial charge in [-0.15, -0.1) is 0 Å². The summed E-state index contributed by atoms with van der Waals surface area (Å²) < 4.78 is 32.5. The maximum atomic E-state index is 13.1. The number of sulfone groups is 1. The lowest BCUT2D eigenvalue weighted by molar-refractivity contribution is 0.0696. The molecule has 35 heavy (non-hydrogen) atoms. The van der Waals surface area contributed by atoms with Crippen LogP contribution < -0.4 is 4.74 Å². The summed E-state index contributed by atoms with van der Waals surface area (Å²) >= 11 is 0. The number of aromatic carboxylic acids is 1. The van der Waals surface area contributed by atoms with Crippen molar-refractivity contribution in [2.24, 2.45) is 0 Å². The number of unbranched alkanes of at least 4 members (excludes halogenated alkanes) is 4. The normalized spacial score (nSPS) is 16.9. The van der Waals surface area contributed by atoms with E-state index in [4.69, 9.17) is 4.74 Å². The summed E-state index contributed by atoms with van der Waals surface area (Å²) in [7, 11) is -3.41. The first-order chi connectivity index (χ1) is 16.6. The highest BCUT2D eigenvalue weighted by Crippen LogP contribution is 2.42. The lowest BCUT2D eigenvalue weighted by atomic mass is 9.79. The van der Waals surface area contributed by atoms with E-state index in [1.165, 1.54) is 12.8 Å². The summed E-state index contributed by atoms with van der Waals surface area (Å²) in [6.07, 6.45) is 8.74. The van der Waals surface area contributed by atoms with E-state index in [1.54, 1.807) is 24.3 Å². The van der Waals surface area contributed by atoms with Gasteiger partial charge in [-0.3, -0.25) is 0 Å². The molecule has 0 aromatic heterocycles. The number of carboxylic acids is 1. The third-order valence-electron chi connectivity index (χ3n) is 6.85. The molecule has 1 aliphatic heterocycles. The molecule has 190 valence electrons. The SMILES string of the molecule is CCCCCCCOc1cc2c(cc1C(C)=Cc1ccccc1C(=O)O)C(C)(C)CCCS2(=O)=O. The molecule has 0 saturated heterocycles. The monoisotopic (exact) mass is 498 g/mol. The predicted octanol–water partition coefficient (Wildman–Crippen LogP) is 7.14. The highest BCUT2D eigenvalue weighted by atomic mass is 32.2. The van der Waals surface area contributed by atoms with E-state index in [-0.39, 0.29) is 16.7 Å². The van der Waals surface area contributed by atoms with E-state index in [0.29, 0.717) is 29.2 Å². The molecule has 0 radical (unpaired) electrons. The van der Waals surface area contributed by atoms with Crippen LogP contribution in [0.15, 0.2) is 41.3 Å². The van der Waals surface area contributed by atoms with Crippen LogP contribution >= 0.6 is 0 Å². The van der Waals surface area contributed by atoms with Gasteiger partial charge < -0.3 is 9.84 Å². The number of fused-ring (bicyclic) bond motifs is 1. The Bertz CT molecular complexity index is 1190. The Hall–Kier alpha value is -2.60. The molecule has 1 aliphatic rings. The van der Waals surface area contributed by atoms with E-state index >= 15 is 0 Å². The third kappa shape index (κ3) is 6.54. The summed E-state index contributed by atoms with van der Waals surface area (Å²) in [5.41, 5.74) is 2.97. The standard InChI is InChI=1S/C29H38O5S/c1-5-6-7-8-11-16-34-26-20-27-25(29(3,4)15-12-17-35(27,32)33)19-24(26)21(2)18-22-13-9-10-14-23(22)28(30)31/h9-10,13-14,18-20H,5-8,11-12,15-17H2,1-4H3,(H,30,31). The quantitative estimate of drug-likeness (QED) is 0.278. The topological polar surface area (TPSA) is 80.7 Å². The molecule has 0 bridgehead atoms. The van der Waals surface area contributed by atoms with Gasteiger partial charge in [0.1, 0.15) is 5.75 Å². The fourth-order valence-electron chi connectivity index (χ4n) is 4.74. The Balaban J connectivity index is 2.09. The molecule has 0 aliphatic carbocycles. The van der Waals surface area contributed by atoms with Gasteiger partial charge in [-0.2, -0.15) is 0 Å². The molecule has 0 amide bonds. The van der Waals surface area contributed by atoms with Crippen molar-refractivity contribution in [2.75, 3.05) is 12.4 Å². The average Bonchev–Trinajstić information content (AvgIpc) is 2.88. The van der Waals surface area contributed by atoms with Gasteiger partial charge in [0.05, 0.1) is 22.8 Å². The van der Waals surface area contributed by atoms with Crippen molar-refractivity contribution in [1.82, 2.24) is 0 Å². The van der Waals surface area contributed by atoms with Crippen LogP contribution in [0.4, 0.5) is 0 Å². The number of carbonyl (C=O) groups is 1. The number of rotatable bonds is 10. The molecule has 2 aromatic carbocycles.